The third kappa shape index (κ3) is 4.37. The maximum atomic E-state index is 12.9. The predicted molar refractivity (Wildman–Crippen MR) is 89.0 cm³/mol. The highest BCUT2D eigenvalue weighted by Gasteiger charge is 2.18. The predicted octanol–water partition coefficient (Wildman–Crippen LogP) is 2.90. The molecule has 5 nitrogen and oxygen atoms in total. The van der Waals surface area contributed by atoms with E-state index in [4.69, 9.17) is 0 Å². The molecule has 1 aromatic heterocycles. The van der Waals surface area contributed by atoms with Crippen LogP contribution in [-0.4, -0.2) is 34.8 Å². The van der Waals surface area contributed by atoms with E-state index in [9.17, 15) is 4.39 Å². The summed E-state index contributed by atoms with van der Waals surface area (Å²) in [5, 5.41) is 11.5. The SMILES string of the molecule is CC1CCN(c2nncc(NCCc3ccc(F)cc3)n2)CC1. The zero-order chi connectivity index (χ0) is 16.1. The fourth-order valence-electron chi connectivity index (χ4n) is 2.71. The molecule has 1 aromatic carbocycles. The first-order chi connectivity index (χ1) is 11.2. The largest absolute Gasteiger partial charge is 0.368 e. The fourth-order valence-corrected chi connectivity index (χ4v) is 2.71. The van der Waals surface area contributed by atoms with Gasteiger partial charge in [-0.15, -0.1) is 5.10 Å². The summed E-state index contributed by atoms with van der Waals surface area (Å²) in [6, 6.07) is 6.57. The first-order valence-electron chi connectivity index (χ1n) is 8.14. The van der Waals surface area contributed by atoms with Crippen LogP contribution in [0.4, 0.5) is 16.2 Å². The minimum atomic E-state index is -0.206. The van der Waals surface area contributed by atoms with Crippen molar-refractivity contribution in [3.05, 3.63) is 41.8 Å². The highest BCUT2D eigenvalue weighted by Crippen LogP contribution is 2.20. The summed E-state index contributed by atoms with van der Waals surface area (Å²) in [6.07, 6.45) is 4.79. The van der Waals surface area contributed by atoms with Gasteiger partial charge in [0.15, 0.2) is 5.82 Å². The number of aromatic nitrogens is 3. The van der Waals surface area contributed by atoms with Crippen molar-refractivity contribution in [2.45, 2.75) is 26.2 Å². The average molecular weight is 315 g/mol. The van der Waals surface area contributed by atoms with Crippen LogP contribution in [0.1, 0.15) is 25.3 Å². The van der Waals surface area contributed by atoms with E-state index in [2.05, 4.69) is 32.3 Å². The van der Waals surface area contributed by atoms with E-state index in [-0.39, 0.29) is 5.82 Å². The van der Waals surface area contributed by atoms with Crippen molar-refractivity contribution in [3.63, 3.8) is 0 Å². The second-order valence-corrected chi connectivity index (χ2v) is 6.11. The van der Waals surface area contributed by atoms with Crippen molar-refractivity contribution in [1.29, 1.82) is 0 Å². The summed E-state index contributed by atoms with van der Waals surface area (Å²) < 4.78 is 12.9. The van der Waals surface area contributed by atoms with Gasteiger partial charge in [0.1, 0.15) is 5.82 Å². The molecule has 0 bridgehead atoms. The number of benzene rings is 1. The van der Waals surface area contributed by atoms with E-state index < -0.39 is 0 Å². The maximum absolute atomic E-state index is 12.9. The lowest BCUT2D eigenvalue weighted by Gasteiger charge is -2.29. The average Bonchev–Trinajstić information content (AvgIpc) is 2.58. The Hall–Kier alpha value is -2.24. The van der Waals surface area contributed by atoms with E-state index in [0.29, 0.717) is 5.95 Å². The quantitative estimate of drug-likeness (QED) is 0.919. The lowest BCUT2D eigenvalue weighted by atomic mass is 10.00. The molecule has 0 radical (unpaired) electrons. The first kappa shape index (κ1) is 15.6. The van der Waals surface area contributed by atoms with Gasteiger partial charge in [0.05, 0.1) is 6.20 Å². The van der Waals surface area contributed by atoms with Gasteiger partial charge in [-0.05, 0) is 42.9 Å². The van der Waals surface area contributed by atoms with E-state index in [1.807, 2.05) is 0 Å². The monoisotopic (exact) mass is 315 g/mol. The van der Waals surface area contributed by atoms with Crippen molar-refractivity contribution in [1.82, 2.24) is 15.2 Å². The molecule has 2 aromatic rings. The minimum Gasteiger partial charge on any atom is -0.368 e. The second-order valence-electron chi connectivity index (χ2n) is 6.11. The Morgan fingerprint density at radius 1 is 1.22 bits per heavy atom. The standard InChI is InChI=1S/C17H22FN5/c1-13-7-10-23(11-8-13)17-21-16(12-20-22-17)19-9-6-14-2-4-15(18)5-3-14/h2-5,12-13H,6-11H2,1H3,(H,19,21,22). The normalized spacial score (nSPS) is 15.7. The fraction of sp³-hybridized carbons (Fsp3) is 0.471. The number of hydrogen-bond donors (Lipinski definition) is 1. The number of halogens is 1. The molecular weight excluding hydrogens is 293 g/mol. The molecule has 23 heavy (non-hydrogen) atoms. The van der Waals surface area contributed by atoms with Gasteiger partial charge in [-0.25, -0.2) is 4.39 Å². The Morgan fingerprint density at radius 3 is 2.70 bits per heavy atom. The van der Waals surface area contributed by atoms with Gasteiger partial charge in [0, 0.05) is 19.6 Å². The third-order valence-corrected chi connectivity index (χ3v) is 4.25. The van der Waals surface area contributed by atoms with Gasteiger partial charge in [0.25, 0.3) is 0 Å². The van der Waals surface area contributed by atoms with Crippen LogP contribution in [0.5, 0.6) is 0 Å². The van der Waals surface area contributed by atoms with E-state index in [1.54, 1.807) is 18.3 Å². The molecule has 3 rings (SSSR count). The van der Waals surface area contributed by atoms with Gasteiger partial charge in [-0.3, -0.25) is 0 Å². The molecule has 0 amide bonds. The highest BCUT2D eigenvalue weighted by atomic mass is 19.1. The molecule has 0 saturated carbocycles. The molecule has 0 aliphatic carbocycles. The summed E-state index contributed by atoms with van der Waals surface area (Å²) in [5.74, 6) is 2.00. The van der Waals surface area contributed by atoms with Crippen LogP contribution in [0.2, 0.25) is 0 Å². The molecule has 0 atom stereocenters. The van der Waals surface area contributed by atoms with Gasteiger partial charge >= 0.3 is 0 Å². The third-order valence-electron chi connectivity index (χ3n) is 4.25. The summed E-state index contributed by atoms with van der Waals surface area (Å²) in [4.78, 5) is 6.74. The van der Waals surface area contributed by atoms with Crippen molar-refractivity contribution in [2.24, 2.45) is 5.92 Å². The van der Waals surface area contributed by atoms with E-state index in [0.717, 1.165) is 43.4 Å². The molecule has 1 saturated heterocycles. The van der Waals surface area contributed by atoms with Gasteiger partial charge in [-0.1, -0.05) is 19.1 Å². The molecule has 6 heteroatoms. The maximum Gasteiger partial charge on any atom is 0.247 e. The lowest BCUT2D eigenvalue weighted by molar-refractivity contribution is 0.433. The van der Waals surface area contributed by atoms with Crippen LogP contribution in [0.25, 0.3) is 0 Å². The number of hydrogen-bond acceptors (Lipinski definition) is 5. The van der Waals surface area contributed by atoms with Crippen molar-refractivity contribution in [3.8, 4) is 0 Å². The summed E-state index contributed by atoms with van der Waals surface area (Å²) in [5.41, 5.74) is 1.09. The Morgan fingerprint density at radius 2 is 1.96 bits per heavy atom. The number of anilines is 2. The molecular formula is C17H22FN5. The van der Waals surface area contributed by atoms with Gasteiger partial charge in [-0.2, -0.15) is 10.1 Å². The minimum absolute atomic E-state index is 0.206. The molecule has 1 aliphatic heterocycles. The van der Waals surface area contributed by atoms with Crippen molar-refractivity contribution >= 4 is 11.8 Å². The van der Waals surface area contributed by atoms with Gasteiger partial charge in [0.2, 0.25) is 5.95 Å². The number of nitrogens with zero attached hydrogens (tertiary/aromatic N) is 4. The molecule has 1 aliphatic rings. The van der Waals surface area contributed by atoms with Crippen molar-refractivity contribution < 1.29 is 4.39 Å². The molecule has 0 spiro atoms. The Bertz CT molecular complexity index is 623. The molecule has 1 fully saturated rings. The van der Waals surface area contributed by atoms with Crippen LogP contribution in [0, 0.1) is 11.7 Å². The van der Waals surface area contributed by atoms with Crippen LogP contribution < -0.4 is 10.2 Å². The summed E-state index contributed by atoms with van der Waals surface area (Å²) >= 11 is 0. The van der Waals surface area contributed by atoms with Gasteiger partial charge < -0.3 is 10.2 Å². The van der Waals surface area contributed by atoms with Crippen LogP contribution in [0.3, 0.4) is 0 Å². The molecule has 122 valence electrons. The van der Waals surface area contributed by atoms with Crippen molar-refractivity contribution in [2.75, 3.05) is 29.9 Å². The van der Waals surface area contributed by atoms with Crippen LogP contribution in [0.15, 0.2) is 30.5 Å². The number of rotatable bonds is 5. The van der Waals surface area contributed by atoms with E-state index >= 15 is 0 Å². The number of piperidine rings is 1. The number of nitrogens with one attached hydrogen (secondary N) is 1. The molecule has 1 N–H and O–H groups in total. The highest BCUT2D eigenvalue weighted by molar-refractivity contribution is 5.39. The first-order valence-corrected chi connectivity index (χ1v) is 8.14. The van der Waals surface area contributed by atoms with Crippen LogP contribution in [-0.2, 0) is 6.42 Å². The summed E-state index contributed by atoms with van der Waals surface area (Å²) in [6.45, 7) is 4.98. The molecule has 0 unspecified atom stereocenters. The Labute approximate surface area is 136 Å². The Kier molecular flexibility index (Phi) is 5.00. The zero-order valence-electron chi connectivity index (χ0n) is 13.4. The topological polar surface area (TPSA) is 53.9 Å². The second kappa shape index (κ2) is 7.35. The molecule has 2 heterocycles. The van der Waals surface area contributed by atoms with E-state index in [1.165, 1.54) is 25.0 Å². The van der Waals surface area contributed by atoms with Crippen LogP contribution >= 0.6 is 0 Å². The summed E-state index contributed by atoms with van der Waals surface area (Å²) in [7, 11) is 0. The Balaban J connectivity index is 1.54. The smallest absolute Gasteiger partial charge is 0.247 e. The zero-order valence-corrected chi connectivity index (χ0v) is 13.4. The lowest BCUT2D eigenvalue weighted by Crippen LogP contribution is -2.34.